The van der Waals surface area contributed by atoms with E-state index in [0.717, 1.165) is 17.2 Å². The average Bonchev–Trinajstić information content (AvgIpc) is 3.33. The topological polar surface area (TPSA) is 131 Å². The number of carbonyl (C=O) groups is 1. The number of benzene rings is 1. The Bertz CT molecular complexity index is 1210. The SMILES string of the molecule is CS(=O)(=O)c1ccc(NCCNC(=O)c2csc(-c3ccc(Cl)s3)n2)c([N+](=O)[O-])c1. The van der Waals surface area contributed by atoms with Crippen molar-refractivity contribution in [2.45, 2.75) is 4.90 Å². The van der Waals surface area contributed by atoms with Gasteiger partial charge in [-0.05, 0) is 24.3 Å². The standard InChI is InChI=1S/C17H15ClN4O5S3/c1-30(26,27)10-2-3-11(13(8-10)22(24)25)19-6-7-20-16(23)12-9-28-17(21-12)14-4-5-15(18)29-14/h2-5,8-9,19H,6-7H2,1H3,(H,20,23). The smallest absolute Gasteiger partial charge is 0.293 e. The lowest BCUT2D eigenvalue weighted by Crippen LogP contribution is -2.29. The van der Waals surface area contributed by atoms with Crippen LogP contribution in [0.15, 0.2) is 40.6 Å². The van der Waals surface area contributed by atoms with E-state index in [9.17, 15) is 23.3 Å². The van der Waals surface area contributed by atoms with Crippen LogP contribution in [0.4, 0.5) is 11.4 Å². The molecule has 0 atom stereocenters. The molecule has 0 unspecified atom stereocenters. The van der Waals surface area contributed by atoms with E-state index in [2.05, 4.69) is 15.6 Å². The molecular formula is C17H15ClN4O5S3. The van der Waals surface area contributed by atoms with Gasteiger partial charge in [0.05, 0.1) is 19.0 Å². The number of rotatable bonds is 8. The second-order valence-corrected chi connectivity index (χ2v) is 10.6. The highest BCUT2D eigenvalue weighted by molar-refractivity contribution is 7.90. The highest BCUT2D eigenvalue weighted by Gasteiger charge is 2.18. The van der Waals surface area contributed by atoms with E-state index in [-0.39, 0.29) is 41.0 Å². The summed E-state index contributed by atoms with van der Waals surface area (Å²) >= 11 is 8.61. The second-order valence-electron chi connectivity index (χ2n) is 6.03. The number of carbonyl (C=O) groups excluding carboxylic acids is 1. The molecule has 1 aromatic carbocycles. The van der Waals surface area contributed by atoms with E-state index in [1.54, 1.807) is 11.4 Å². The maximum atomic E-state index is 12.2. The number of thiophene rings is 1. The van der Waals surface area contributed by atoms with Gasteiger partial charge in [-0.1, -0.05) is 11.6 Å². The number of hydrogen-bond donors (Lipinski definition) is 2. The molecule has 0 aliphatic rings. The van der Waals surface area contributed by atoms with Crippen molar-refractivity contribution < 1.29 is 18.1 Å². The first-order chi connectivity index (χ1) is 14.1. The Morgan fingerprint density at radius 3 is 2.67 bits per heavy atom. The van der Waals surface area contributed by atoms with Gasteiger partial charge in [-0.15, -0.1) is 22.7 Å². The van der Waals surface area contributed by atoms with Gasteiger partial charge in [-0.25, -0.2) is 13.4 Å². The van der Waals surface area contributed by atoms with Gasteiger partial charge < -0.3 is 10.6 Å². The molecule has 0 saturated heterocycles. The molecule has 0 aliphatic carbocycles. The highest BCUT2D eigenvalue weighted by Crippen LogP contribution is 2.33. The van der Waals surface area contributed by atoms with Crippen LogP contribution in [0.1, 0.15) is 10.5 Å². The minimum atomic E-state index is -3.56. The quantitative estimate of drug-likeness (QED) is 0.282. The number of hydrogen-bond acceptors (Lipinski definition) is 9. The normalized spacial score (nSPS) is 11.3. The van der Waals surface area contributed by atoms with E-state index in [0.29, 0.717) is 9.34 Å². The summed E-state index contributed by atoms with van der Waals surface area (Å²) in [7, 11) is -3.56. The third-order valence-electron chi connectivity index (χ3n) is 3.84. The molecule has 0 spiro atoms. The predicted molar refractivity (Wildman–Crippen MR) is 117 cm³/mol. The molecule has 3 aromatic rings. The summed E-state index contributed by atoms with van der Waals surface area (Å²) in [6, 6.07) is 7.21. The molecule has 0 fully saturated rings. The molecule has 0 aliphatic heterocycles. The van der Waals surface area contributed by atoms with Crippen LogP contribution in [0.2, 0.25) is 4.34 Å². The number of aromatic nitrogens is 1. The lowest BCUT2D eigenvalue weighted by atomic mass is 10.2. The molecule has 2 aromatic heterocycles. The summed E-state index contributed by atoms with van der Waals surface area (Å²) in [6.45, 7) is 0.379. The summed E-state index contributed by atoms with van der Waals surface area (Å²) in [5.74, 6) is -0.371. The summed E-state index contributed by atoms with van der Waals surface area (Å²) < 4.78 is 23.8. The van der Waals surface area contributed by atoms with Gasteiger partial charge in [0.15, 0.2) is 9.84 Å². The van der Waals surface area contributed by atoms with E-state index in [1.165, 1.54) is 34.8 Å². The number of sulfone groups is 1. The largest absolute Gasteiger partial charge is 0.378 e. The van der Waals surface area contributed by atoms with Crippen LogP contribution in [-0.4, -0.2) is 43.6 Å². The Kier molecular flexibility index (Phi) is 6.71. The van der Waals surface area contributed by atoms with Crippen molar-refractivity contribution in [3.8, 4) is 9.88 Å². The Balaban J connectivity index is 1.58. The number of amides is 1. The van der Waals surface area contributed by atoms with E-state index in [1.807, 2.05) is 6.07 Å². The maximum absolute atomic E-state index is 12.2. The van der Waals surface area contributed by atoms with Crippen molar-refractivity contribution in [2.24, 2.45) is 0 Å². The summed E-state index contributed by atoms with van der Waals surface area (Å²) in [4.78, 5) is 27.8. The fraction of sp³-hybridized carbons (Fsp3) is 0.176. The maximum Gasteiger partial charge on any atom is 0.293 e. The Morgan fingerprint density at radius 2 is 2.03 bits per heavy atom. The summed E-state index contributed by atoms with van der Waals surface area (Å²) in [5, 5.41) is 19.1. The molecule has 30 heavy (non-hydrogen) atoms. The zero-order valence-corrected chi connectivity index (χ0v) is 18.6. The van der Waals surface area contributed by atoms with Crippen LogP contribution in [0.5, 0.6) is 0 Å². The van der Waals surface area contributed by atoms with E-state index < -0.39 is 14.8 Å². The van der Waals surface area contributed by atoms with E-state index >= 15 is 0 Å². The molecule has 2 heterocycles. The Hall–Kier alpha value is -2.54. The van der Waals surface area contributed by atoms with Gasteiger partial charge in [0.25, 0.3) is 11.6 Å². The third kappa shape index (κ3) is 5.33. The predicted octanol–water partition coefficient (Wildman–Crippen LogP) is 3.68. The molecule has 3 rings (SSSR count). The average molecular weight is 487 g/mol. The van der Waals surface area contributed by atoms with Gasteiger partial charge in [-0.2, -0.15) is 0 Å². The number of anilines is 1. The number of thiazole rings is 1. The first kappa shape index (κ1) is 22.2. The van der Waals surface area contributed by atoms with Crippen molar-refractivity contribution in [1.82, 2.24) is 10.3 Å². The number of nitro groups is 1. The van der Waals surface area contributed by atoms with Crippen molar-refractivity contribution >= 4 is 61.4 Å². The van der Waals surface area contributed by atoms with Crippen LogP contribution in [0, 0.1) is 10.1 Å². The van der Waals surface area contributed by atoms with Crippen LogP contribution < -0.4 is 10.6 Å². The monoisotopic (exact) mass is 486 g/mol. The third-order valence-corrected chi connectivity index (χ3v) is 7.19. The summed E-state index contributed by atoms with van der Waals surface area (Å²) in [6.07, 6.45) is 0.978. The molecule has 1 amide bonds. The highest BCUT2D eigenvalue weighted by atomic mass is 35.5. The lowest BCUT2D eigenvalue weighted by Gasteiger charge is -2.09. The fourth-order valence-electron chi connectivity index (χ4n) is 2.43. The van der Waals surface area contributed by atoms with Crippen LogP contribution in [-0.2, 0) is 9.84 Å². The molecule has 158 valence electrons. The fourth-order valence-corrected chi connectivity index (χ4v) is 4.98. The number of nitro benzene ring substituents is 1. The molecule has 0 radical (unpaired) electrons. The zero-order valence-electron chi connectivity index (χ0n) is 15.4. The van der Waals surface area contributed by atoms with Crippen molar-refractivity contribution in [1.29, 1.82) is 0 Å². The minimum absolute atomic E-state index is 0.139. The molecular weight excluding hydrogens is 472 g/mol. The van der Waals surface area contributed by atoms with Crippen molar-refractivity contribution in [3.63, 3.8) is 0 Å². The molecule has 2 N–H and O–H groups in total. The van der Waals surface area contributed by atoms with Gasteiger partial charge in [0.1, 0.15) is 16.4 Å². The number of halogens is 1. The van der Waals surface area contributed by atoms with Crippen LogP contribution in [0.3, 0.4) is 0 Å². The Morgan fingerprint density at radius 1 is 1.27 bits per heavy atom. The first-order valence-corrected chi connectivity index (χ1v) is 12.3. The van der Waals surface area contributed by atoms with Crippen LogP contribution >= 0.6 is 34.3 Å². The van der Waals surface area contributed by atoms with Crippen molar-refractivity contribution in [3.05, 3.63) is 55.9 Å². The minimum Gasteiger partial charge on any atom is -0.378 e. The van der Waals surface area contributed by atoms with Gasteiger partial charge in [-0.3, -0.25) is 14.9 Å². The molecule has 13 heteroatoms. The van der Waals surface area contributed by atoms with E-state index in [4.69, 9.17) is 11.6 Å². The van der Waals surface area contributed by atoms with Gasteiger partial charge >= 0.3 is 0 Å². The van der Waals surface area contributed by atoms with Crippen LogP contribution in [0.25, 0.3) is 9.88 Å². The molecule has 0 bridgehead atoms. The van der Waals surface area contributed by atoms with Crippen molar-refractivity contribution in [2.75, 3.05) is 24.7 Å². The second kappa shape index (κ2) is 9.08. The summed E-state index contributed by atoms with van der Waals surface area (Å²) in [5.41, 5.74) is 0.0678. The van der Waals surface area contributed by atoms with Gasteiger partial charge in [0, 0.05) is 30.8 Å². The lowest BCUT2D eigenvalue weighted by molar-refractivity contribution is -0.384. The Labute approximate surface area is 184 Å². The number of nitrogens with one attached hydrogen (secondary N) is 2. The van der Waals surface area contributed by atoms with Gasteiger partial charge in [0.2, 0.25) is 0 Å². The number of nitrogens with zero attached hydrogens (tertiary/aromatic N) is 2. The zero-order chi connectivity index (χ0) is 21.9. The molecule has 0 saturated carbocycles. The first-order valence-electron chi connectivity index (χ1n) is 8.37. The molecule has 9 nitrogen and oxygen atoms in total.